The summed E-state index contributed by atoms with van der Waals surface area (Å²) in [7, 11) is 0. The van der Waals surface area contributed by atoms with Crippen LogP contribution in [-0.2, 0) is 4.79 Å². The van der Waals surface area contributed by atoms with Gasteiger partial charge in [-0.1, -0.05) is 6.42 Å². The summed E-state index contributed by atoms with van der Waals surface area (Å²) >= 11 is 0. The second-order valence-corrected chi connectivity index (χ2v) is 6.40. The first-order chi connectivity index (χ1) is 8.83. The summed E-state index contributed by atoms with van der Waals surface area (Å²) in [5.74, 6) is 1.17. The largest absolute Gasteiger partial charge is 0.339 e. The average Bonchev–Trinajstić information content (AvgIpc) is 2.38. The molecule has 0 aliphatic carbocycles. The zero-order chi connectivity index (χ0) is 12.4. The molecule has 3 aliphatic heterocycles. The van der Waals surface area contributed by atoms with Gasteiger partial charge in [0.1, 0.15) is 0 Å². The van der Waals surface area contributed by atoms with Gasteiger partial charge < -0.3 is 9.80 Å². The molecule has 3 rings (SSSR count). The summed E-state index contributed by atoms with van der Waals surface area (Å²) in [5.41, 5.74) is 0. The number of piperidine rings is 2. The zero-order valence-electron chi connectivity index (χ0n) is 11.4. The first-order valence-electron chi connectivity index (χ1n) is 7.85. The van der Waals surface area contributed by atoms with Crippen molar-refractivity contribution >= 4 is 5.91 Å². The van der Waals surface area contributed by atoms with E-state index in [-0.39, 0.29) is 0 Å². The van der Waals surface area contributed by atoms with Gasteiger partial charge in [-0.15, -0.1) is 0 Å². The molecule has 0 spiro atoms. The third-order valence-electron chi connectivity index (χ3n) is 5.01. The molecular weight excluding hydrogens is 224 g/mol. The predicted octanol–water partition coefficient (Wildman–Crippen LogP) is 2.26. The standard InChI is InChI=1S/C15H26N2O/c18-15-8-3-7-14-6-1-2-9-16-10-4-5-13(11-16)12-17(14)15/h13-14H,1-12H2/t13-,14?/m1/s1. The number of fused-ring (bicyclic) bond motifs is 3. The summed E-state index contributed by atoms with van der Waals surface area (Å²) < 4.78 is 0. The van der Waals surface area contributed by atoms with Gasteiger partial charge >= 0.3 is 0 Å². The van der Waals surface area contributed by atoms with Gasteiger partial charge in [-0.25, -0.2) is 0 Å². The Morgan fingerprint density at radius 1 is 0.889 bits per heavy atom. The van der Waals surface area contributed by atoms with Crippen LogP contribution >= 0.6 is 0 Å². The van der Waals surface area contributed by atoms with E-state index in [1.165, 1.54) is 58.2 Å². The Morgan fingerprint density at radius 2 is 1.72 bits per heavy atom. The third-order valence-corrected chi connectivity index (χ3v) is 5.01. The van der Waals surface area contributed by atoms with Gasteiger partial charge in [0.15, 0.2) is 0 Å². The molecule has 102 valence electrons. The molecule has 3 heterocycles. The highest BCUT2D eigenvalue weighted by Crippen LogP contribution is 2.27. The SMILES string of the molecule is O=C1CCCC2CCCCN3CCC[C@H](C3)CN12. The molecule has 0 N–H and O–H groups in total. The highest BCUT2D eigenvalue weighted by Gasteiger charge is 2.31. The van der Waals surface area contributed by atoms with E-state index in [1.54, 1.807) is 0 Å². The maximum atomic E-state index is 12.2. The molecule has 0 aromatic rings. The number of hydrogen-bond donors (Lipinski definition) is 0. The van der Waals surface area contributed by atoms with Crippen LogP contribution in [0.5, 0.6) is 0 Å². The lowest BCUT2D eigenvalue weighted by atomic mass is 9.91. The number of rotatable bonds is 0. The van der Waals surface area contributed by atoms with E-state index in [0.717, 1.165) is 25.3 Å². The van der Waals surface area contributed by atoms with Crippen molar-refractivity contribution in [2.45, 2.75) is 57.4 Å². The predicted molar refractivity (Wildman–Crippen MR) is 72.4 cm³/mol. The molecule has 0 saturated carbocycles. The van der Waals surface area contributed by atoms with Gasteiger partial charge in [-0.05, 0) is 57.5 Å². The fraction of sp³-hybridized carbons (Fsp3) is 0.933. The van der Waals surface area contributed by atoms with E-state index in [0.29, 0.717) is 11.9 Å². The lowest BCUT2D eigenvalue weighted by Gasteiger charge is -2.42. The van der Waals surface area contributed by atoms with Crippen LogP contribution in [0.3, 0.4) is 0 Å². The van der Waals surface area contributed by atoms with E-state index < -0.39 is 0 Å². The number of hydrogen-bond acceptors (Lipinski definition) is 2. The van der Waals surface area contributed by atoms with E-state index in [1.807, 2.05) is 0 Å². The van der Waals surface area contributed by atoms with Crippen LogP contribution in [0.15, 0.2) is 0 Å². The summed E-state index contributed by atoms with van der Waals surface area (Å²) in [4.78, 5) is 17.0. The van der Waals surface area contributed by atoms with Crippen molar-refractivity contribution in [1.82, 2.24) is 9.80 Å². The highest BCUT2D eigenvalue weighted by molar-refractivity contribution is 5.77. The number of amides is 1. The van der Waals surface area contributed by atoms with Crippen LogP contribution in [0.1, 0.15) is 51.4 Å². The smallest absolute Gasteiger partial charge is 0.222 e. The van der Waals surface area contributed by atoms with Crippen molar-refractivity contribution in [3.05, 3.63) is 0 Å². The van der Waals surface area contributed by atoms with E-state index in [2.05, 4.69) is 9.80 Å². The lowest BCUT2D eigenvalue weighted by Crippen LogP contribution is -2.49. The Hall–Kier alpha value is -0.570. The highest BCUT2D eigenvalue weighted by atomic mass is 16.2. The van der Waals surface area contributed by atoms with Crippen LogP contribution in [0.25, 0.3) is 0 Å². The summed E-state index contributed by atoms with van der Waals surface area (Å²) in [6, 6.07) is 0.569. The molecule has 0 radical (unpaired) electrons. The number of carbonyl (C=O) groups excluding carboxylic acids is 1. The molecule has 0 aromatic heterocycles. The van der Waals surface area contributed by atoms with Gasteiger partial charge in [0.05, 0.1) is 0 Å². The van der Waals surface area contributed by atoms with E-state index in [4.69, 9.17) is 0 Å². The summed E-state index contributed by atoms with van der Waals surface area (Å²) in [6.45, 7) is 4.85. The van der Waals surface area contributed by atoms with Gasteiger partial charge in [0.25, 0.3) is 0 Å². The zero-order valence-corrected chi connectivity index (χ0v) is 11.4. The molecule has 1 amide bonds. The minimum Gasteiger partial charge on any atom is -0.339 e. The average molecular weight is 250 g/mol. The minimum atomic E-state index is 0.434. The van der Waals surface area contributed by atoms with Crippen molar-refractivity contribution < 1.29 is 4.79 Å². The van der Waals surface area contributed by atoms with Gasteiger partial charge in [-0.2, -0.15) is 0 Å². The maximum Gasteiger partial charge on any atom is 0.222 e. The van der Waals surface area contributed by atoms with E-state index in [9.17, 15) is 4.79 Å². The second kappa shape index (κ2) is 5.60. The van der Waals surface area contributed by atoms with Crippen molar-refractivity contribution in [3.8, 4) is 0 Å². The van der Waals surface area contributed by atoms with Crippen molar-refractivity contribution in [2.24, 2.45) is 5.92 Å². The van der Waals surface area contributed by atoms with Crippen LogP contribution < -0.4 is 0 Å². The Bertz CT molecular complexity index is 305. The molecule has 3 heteroatoms. The first-order valence-corrected chi connectivity index (χ1v) is 7.85. The van der Waals surface area contributed by atoms with Crippen molar-refractivity contribution in [3.63, 3.8) is 0 Å². The molecule has 2 bridgehead atoms. The van der Waals surface area contributed by atoms with Crippen molar-refractivity contribution in [2.75, 3.05) is 26.2 Å². The van der Waals surface area contributed by atoms with E-state index >= 15 is 0 Å². The fourth-order valence-corrected chi connectivity index (χ4v) is 4.04. The Labute approximate surface area is 111 Å². The third kappa shape index (κ3) is 2.71. The lowest BCUT2D eigenvalue weighted by molar-refractivity contribution is -0.138. The summed E-state index contributed by atoms with van der Waals surface area (Å²) in [6.07, 6.45) is 9.70. The van der Waals surface area contributed by atoms with Gasteiger partial charge in [0, 0.05) is 25.6 Å². The first kappa shape index (κ1) is 12.5. The van der Waals surface area contributed by atoms with Gasteiger partial charge in [0.2, 0.25) is 5.91 Å². The summed E-state index contributed by atoms with van der Waals surface area (Å²) in [5, 5.41) is 0. The molecule has 18 heavy (non-hydrogen) atoms. The molecular formula is C15H26N2O. The van der Waals surface area contributed by atoms with Crippen LogP contribution in [0.4, 0.5) is 0 Å². The topological polar surface area (TPSA) is 23.6 Å². The fourth-order valence-electron chi connectivity index (χ4n) is 4.04. The van der Waals surface area contributed by atoms with Gasteiger partial charge in [-0.3, -0.25) is 4.79 Å². The molecule has 3 fully saturated rings. The molecule has 3 saturated heterocycles. The number of carbonyl (C=O) groups is 1. The van der Waals surface area contributed by atoms with Crippen LogP contribution in [0, 0.1) is 5.92 Å². The monoisotopic (exact) mass is 250 g/mol. The quantitative estimate of drug-likeness (QED) is 0.658. The normalized spacial score (nSPS) is 38.1. The minimum absolute atomic E-state index is 0.434. The Morgan fingerprint density at radius 3 is 2.67 bits per heavy atom. The second-order valence-electron chi connectivity index (χ2n) is 6.40. The number of nitrogens with zero attached hydrogens (tertiary/aromatic N) is 2. The molecule has 2 unspecified atom stereocenters. The van der Waals surface area contributed by atoms with Crippen LogP contribution in [-0.4, -0.2) is 47.9 Å². The Balaban J connectivity index is 1.71. The van der Waals surface area contributed by atoms with Crippen LogP contribution in [0.2, 0.25) is 0 Å². The van der Waals surface area contributed by atoms with Crippen molar-refractivity contribution in [1.29, 1.82) is 0 Å². The Kier molecular flexibility index (Phi) is 3.88. The molecule has 0 aromatic carbocycles. The molecule has 3 atom stereocenters. The maximum absolute atomic E-state index is 12.2. The molecule has 3 nitrogen and oxygen atoms in total. The molecule has 3 aliphatic rings.